The summed E-state index contributed by atoms with van der Waals surface area (Å²) in [6.45, 7) is 6.23. The lowest BCUT2D eigenvalue weighted by atomic mass is 9.93. The molecule has 1 aromatic heterocycles. The fourth-order valence-electron chi connectivity index (χ4n) is 4.41. The van der Waals surface area contributed by atoms with E-state index in [9.17, 15) is 14.7 Å². The van der Waals surface area contributed by atoms with Crippen LogP contribution in [0.2, 0.25) is 0 Å². The van der Waals surface area contributed by atoms with Crippen LogP contribution in [0.4, 0.5) is 5.13 Å². The van der Waals surface area contributed by atoms with Gasteiger partial charge in [-0.3, -0.25) is 14.5 Å². The van der Waals surface area contributed by atoms with Gasteiger partial charge in [-0.2, -0.15) is 0 Å². The van der Waals surface area contributed by atoms with Crippen molar-refractivity contribution in [3.8, 4) is 5.75 Å². The normalized spacial score (nSPS) is 17.2. The number of benzene rings is 3. The third-order valence-corrected chi connectivity index (χ3v) is 7.63. The molecule has 8 heteroatoms. The number of rotatable bonds is 5. The van der Waals surface area contributed by atoms with E-state index in [0.29, 0.717) is 34.1 Å². The van der Waals surface area contributed by atoms with E-state index in [2.05, 4.69) is 20.9 Å². The second-order valence-electron chi connectivity index (χ2n) is 8.60. The second kappa shape index (κ2) is 9.52. The number of hydrogen-bond donors (Lipinski definition) is 1. The van der Waals surface area contributed by atoms with Gasteiger partial charge in [0.25, 0.3) is 5.78 Å². The number of amides is 1. The maximum absolute atomic E-state index is 13.5. The fourth-order valence-corrected chi connectivity index (χ4v) is 5.85. The van der Waals surface area contributed by atoms with Crippen molar-refractivity contribution >= 4 is 60.1 Å². The molecule has 6 nitrogen and oxygen atoms in total. The number of aliphatic hydroxyl groups excluding tert-OH is 1. The van der Waals surface area contributed by atoms with E-state index < -0.39 is 17.7 Å². The maximum atomic E-state index is 13.5. The van der Waals surface area contributed by atoms with Gasteiger partial charge in [-0.25, -0.2) is 4.98 Å². The molecule has 0 aliphatic carbocycles. The molecule has 1 aliphatic heterocycles. The molecule has 4 aromatic rings. The highest BCUT2D eigenvalue weighted by Crippen LogP contribution is 2.45. The lowest BCUT2D eigenvalue weighted by molar-refractivity contribution is -0.132. The summed E-state index contributed by atoms with van der Waals surface area (Å²) < 4.78 is 7.24. The van der Waals surface area contributed by atoms with Gasteiger partial charge in [-0.1, -0.05) is 57.1 Å². The number of halogens is 1. The monoisotopic (exact) mass is 562 g/mol. The number of carbonyl (C=O) groups excluding carboxylic acids is 2. The van der Waals surface area contributed by atoms with Crippen LogP contribution < -0.4 is 9.64 Å². The summed E-state index contributed by atoms with van der Waals surface area (Å²) in [5.74, 6) is -0.953. The number of anilines is 1. The molecule has 1 aliphatic rings. The predicted octanol–water partition coefficient (Wildman–Crippen LogP) is 6.70. The molecule has 5 rings (SSSR count). The first kappa shape index (κ1) is 24.2. The molecule has 0 bridgehead atoms. The van der Waals surface area contributed by atoms with Gasteiger partial charge >= 0.3 is 5.91 Å². The number of aromatic nitrogens is 1. The van der Waals surface area contributed by atoms with E-state index in [-0.39, 0.29) is 11.3 Å². The molecule has 0 spiro atoms. The molecule has 1 atom stereocenters. The highest BCUT2D eigenvalue weighted by molar-refractivity contribution is 9.10. The van der Waals surface area contributed by atoms with Gasteiger partial charge in [-0.15, -0.1) is 0 Å². The first-order valence-electron chi connectivity index (χ1n) is 11.5. The van der Waals surface area contributed by atoms with Gasteiger partial charge in [0.05, 0.1) is 28.4 Å². The zero-order chi connectivity index (χ0) is 25.6. The van der Waals surface area contributed by atoms with E-state index in [0.717, 1.165) is 20.3 Å². The number of Topliss-reactive ketones (excluding diaryl/α,β-unsaturated/α-hetero) is 1. The Kier molecular flexibility index (Phi) is 6.40. The summed E-state index contributed by atoms with van der Waals surface area (Å²) in [5.41, 5.74) is 3.69. The third kappa shape index (κ3) is 4.20. The zero-order valence-electron chi connectivity index (χ0n) is 19.9. The van der Waals surface area contributed by atoms with Crippen LogP contribution in [0.1, 0.15) is 35.2 Å². The number of thiazole rings is 1. The van der Waals surface area contributed by atoms with Crippen LogP contribution in [0.15, 0.2) is 70.7 Å². The van der Waals surface area contributed by atoms with Crippen LogP contribution in [0.5, 0.6) is 5.75 Å². The molecule has 1 amide bonds. The minimum absolute atomic E-state index is 0.0426. The van der Waals surface area contributed by atoms with Crippen LogP contribution in [0.25, 0.3) is 16.0 Å². The van der Waals surface area contributed by atoms with Gasteiger partial charge in [0.2, 0.25) is 0 Å². The summed E-state index contributed by atoms with van der Waals surface area (Å²) in [6, 6.07) is 17.7. The summed E-state index contributed by atoms with van der Waals surface area (Å²) in [6.07, 6.45) is 0. The van der Waals surface area contributed by atoms with Gasteiger partial charge in [0.1, 0.15) is 11.5 Å². The topological polar surface area (TPSA) is 79.7 Å². The number of fused-ring (bicyclic) bond motifs is 1. The molecular weight excluding hydrogens is 540 g/mol. The smallest absolute Gasteiger partial charge is 0.301 e. The number of ether oxygens (including phenoxy) is 1. The minimum Gasteiger partial charge on any atom is -0.507 e. The molecule has 1 unspecified atom stereocenters. The van der Waals surface area contributed by atoms with Crippen LogP contribution in [0.3, 0.4) is 0 Å². The van der Waals surface area contributed by atoms with Crippen molar-refractivity contribution in [2.24, 2.45) is 0 Å². The second-order valence-corrected chi connectivity index (χ2v) is 10.5. The molecule has 1 fully saturated rings. The quantitative estimate of drug-likeness (QED) is 0.166. The van der Waals surface area contributed by atoms with Crippen LogP contribution in [0, 0.1) is 13.8 Å². The molecule has 3 aromatic carbocycles. The predicted molar refractivity (Wildman–Crippen MR) is 146 cm³/mol. The Morgan fingerprint density at radius 1 is 1.11 bits per heavy atom. The van der Waals surface area contributed by atoms with Crippen LogP contribution in [-0.4, -0.2) is 28.4 Å². The van der Waals surface area contributed by atoms with Crippen molar-refractivity contribution in [3.63, 3.8) is 0 Å². The van der Waals surface area contributed by atoms with Crippen molar-refractivity contribution in [3.05, 3.63) is 93.0 Å². The van der Waals surface area contributed by atoms with Crippen LogP contribution in [-0.2, 0) is 9.59 Å². The van der Waals surface area contributed by atoms with Crippen molar-refractivity contribution in [2.75, 3.05) is 11.5 Å². The average molecular weight is 563 g/mol. The van der Waals surface area contributed by atoms with E-state index >= 15 is 0 Å². The van der Waals surface area contributed by atoms with Crippen molar-refractivity contribution in [1.82, 2.24) is 4.98 Å². The molecule has 1 saturated heterocycles. The Hall–Kier alpha value is -3.49. The zero-order valence-corrected chi connectivity index (χ0v) is 22.3. The van der Waals surface area contributed by atoms with Gasteiger partial charge < -0.3 is 9.84 Å². The Bertz CT molecular complexity index is 1560. The summed E-state index contributed by atoms with van der Waals surface area (Å²) >= 11 is 4.80. The Balaban J connectivity index is 1.73. The van der Waals surface area contributed by atoms with E-state index in [1.54, 1.807) is 0 Å². The summed E-state index contributed by atoms with van der Waals surface area (Å²) in [7, 11) is 0. The van der Waals surface area contributed by atoms with Gasteiger partial charge in [0, 0.05) is 10.0 Å². The number of hydrogen-bond acceptors (Lipinski definition) is 6. The van der Waals surface area contributed by atoms with E-state index in [1.807, 2.05) is 81.4 Å². The molecule has 0 radical (unpaired) electrons. The largest absolute Gasteiger partial charge is 0.507 e. The van der Waals surface area contributed by atoms with Crippen molar-refractivity contribution in [2.45, 2.75) is 26.8 Å². The molecule has 2 heterocycles. The Labute approximate surface area is 221 Å². The fraction of sp³-hybridized carbons (Fsp3) is 0.179. The first-order valence-corrected chi connectivity index (χ1v) is 13.1. The molecule has 36 heavy (non-hydrogen) atoms. The number of aryl methyl sites for hydroxylation is 2. The number of aliphatic hydroxyl groups is 1. The minimum atomic E-state index is -0.839. The molecular formula is C28H23BrN2O4S. The Morgan fingerprint density at radius 3 is 2.67 bits per heavy atom. The molecule has 182 valence electrons. The highest BCUT2D eigenvalue weighted by atomic mass is 79.9. The van der Waals surface area contributed by atoms with Crippen molar-refractivity contribution in [1.29, 1.82) is 0 Å². The van der Waals surface area contributed by atoms with E-state index in [4.69, 9.17) is 4.74 Å². The molecule has 1 N–H and O–H groups in total. The standard InChI is InChI=1S/C28H23BrN2O4S/c1-4-35-19-10-11-21-22(14-19)36-28(30-21)31-24(17-6-5-7-18(29)13-17)23(26(33)27(31)34)25(32)20-12-15(2)8-9-16(20)3/h5-14,24,32H,4H2,1-3H3/b25-23+. The Morgan fingerprint density at radius 2 is 1.92 bits per heavy atom. The number of nitrogens with zero attached hydrogens (tertiary/aromatic N) is 2. The summed E-state index contributed by atoms with van der Waals surface area (Å²) in [5, 5.41) is 11.8. The average Bonchev–Trinajstić information content (AvgIpc) is 3.38. The van der Waals surface area contributed by atoms with Gasteiger partial charge in [-0.05, 0) is 68.3 Å². The number of ketones is 1. The first-order chi connectivity index (χ1) is 17.3. The van der Waals surface area contributed by atoms with Crippen LogP contribution >= 0.6 is 27.3 Å². The molecule has 0 saturated carbocycles. The maximum Gasteiger partial charge on any atom is 0.301 e. The lowest BCUT2D eigenvalue weighted by Gasteiger charge is -2.23. The van der Waals surface area contributed by atoms with Gasteiger partial charge in [0.15, 0.2) is 5.13 Å². The third-order valence-electron chi connectivity index (χ3n) is 6.12. The number of carbonyl (C=O) groups is 2. The van der Waals surface area contributed by atoms with Crippen molar-refractivity contribution < 1.29 is 19.4 Å². The SMILES string of the molecule is CCOc1ccc2nc(N3C(=O)C(=O)/C(=C(/O)c4cc(C)ccc4C)C3c3cccc(Br)c3)sc2c1. The highest BCUT2D eigenvalue weighted by Gasteiger charge is 2.48. The lowest BCUT2D eigenvalue weighted by Crippen LogP contribution is -2.29. The van der Waals surface area contributed by atoms with E-state index in [1.165, 1.54) is 16.2 Å². The summed E-state index contributed by atoms with van der Waals surface area (Å²) in [4.78, 5) is 33.0.